The van der Waals surface area contributed by atoms with Crippen LogP contribution in [0.15, 0.2) is 0 Å². The normalized spacial score (nSPS) is 20.1. The minimum absolute atomic E-state index is 0.369. The van der Waals surface area contributed by atoms with Crippen LogP contribution in [0.5, 0.6) is 0 Å². The van der Waals surface area contributed by atoms with Crippen LogP contribution < -0.4 is 0 Å². The first-order valence-electron chi connectivity index (χ1n) is 6.29. The second-order valence-electron chi connectivity index (χ2n) is 4.73. The zero-order chi connectivity index (χ0) is 10.3. The fraction of sp³-hybridized carbons (Fsp3) is 1.00. The number of aliphatic hydroxyl groups is 1. The molecule has 0 atom stereocenters. The van der Waals surface area contributed by atoms with Gasteiger partial charge in [-0.3, -0.25) is 0 Å². The second-order valence-corrected chi connectivity index (χ2v) is 4.73. The summed E-state index contributed by atoms with van der Waals surface area (Å²) in [6.07, 6.45) is 7.73. The Kier molecular flexibility index (Phi) is 5.49. The number of hydrogen-bond donors (Lipinski definition) is 1. The summed E-state index contributed by atoms with van der Waals surface area (Å²) in [7, 11) is 0. The van der Waals surface area contributed by atoms with E-state index in [2.05, 4.69) is 6.92 Å². The third-order valence-electron chi connectivity index (χ3n) is 3.54. The van der Waals surface area contributed by atoms with Gasteiger partial charge < -0.3 is 9.59 Å². The maximum absolute atomic E-state index is 8.79. The highest BCUT2D eigenvalue weighted by Crippen LogP contribution is 2.21. The maximum atomic E-state index is 8.79. The Balaban J connectivity index is 2.28. The first-order chi connectivity index (χ1) is 6.83. The molecule has 14 heavy (non-hydrogen) atoms. The predicted octanol–water partition coefficient (Wildman–Crippen LogP) is 2.17. The Morgan fingerprint density at radius 3 is 2.21 bits per heavy atom. The molecule has 1 saturated heterocycles. The lowest BCUT2D eigenvalue weighted by atomic mass is 10.2. The summed E-state index contributed by atoms with van der Waals surface area (Å²) in [6.45, 7) is 8.12. The van der Waals surface area contributed by atoms with E-state index in [-0.39, 0.29) is 0 Å². The SMILES string of the molecule is CCCC[N+]1(CCCCO)CCCC1. The molecule has 0 saturated carbocycles. The van der Waals surface area contributed by atoms with E-state index in [1.54, 1.807) is 0 Å². The molecule has 1 aliphatic rings. The summed E-state index contributed by atoms with van der Waals surface area (Å²) in [5.74, 6) is 0. The summed E-state index contributed by atoms with van der Waals surface area (Å²) < 4.78 is 1.36. The highest BCUT2D eigenvalue weighted by molar-refractivity contribution is 4.55. The number of likely N-dealkylation sites (tertiary alicyclic amines) is 1. The van der Waals surface area contributed by atoms with Crippen molar-refractivity contribution in [2.24, 2.45) is 0 Å². The molecule has 84 valence electrons. The van der Waals surface area contributed by atoms with Crippen LogP contribution in [-0.2, 0) is 0 Å². The van der Waals surface area contributed by atoms with Crippen molar-refractivity contribution in [1.82, 2.24) is 0 Å². The van der Waals surface area contributed by atoms with Gasteiger partial charge in [0.1, 0.15) is 0 Å². The van der Waals surface area contributed by atoms with Crippen molar-refractivity contribution in [3.05, 3.63) is 0 Å². The van der Waals surface area contributed by atoms with Gasteiger partial charge in [0.25, 0.3) is 0 Å². The lowest BCUT2D eigenvalue weighted by Crippen LogP contribution is -2.46. The van der Waals surface area contributed by atoms with E-state index in [0.29, 0.717) is 6.61 Å². The maximum Gasteiger partial charge on any atom is 0.0788 e. The third-order valence-corrected chi connectivity index (χ3v) is 3.54. The van der Waals surface area contributed by atoms with Gasteiger partial charge >= 0.3 is 0 Å². The molecule has 0 unspecified atom stereocenters. The number of quaternary nitrogens is 1. The van der Waals surface area contributed by atoms with Crippen LogP contribution in [0, 0.1) is 0 Å². The van der Waals surface area contributed by atoms with E-state index < -0.39 is 0 Å². The Morgan fingerprint density at radius 2 is 1.64 bits per heavy atom. The summed E-state index contributed by atoms with van der Waals surface area (Å²) in [5.41, 5.74) is 0. The second kappa shape index (κ2) is 6.41. The number of aliphatic hydroxyl groups excluding tert-OH is 1. The molecule has 0 amide bonds. The first-order valence-corrected chi connectivity index (χ1v) is 6.29. The van der Waals surface area contributed by atoms with Crippen LogP contribution in [0.3, 0.4) is 0 Å². The van der Waals surface area contributed by atoms with Crippen molar-refractivity contribution in [1.29, 1.82) is 0 Å². The molecule has 0 radical (unpaired) electrons. The average molecular weight is 200 g/mol. The highest BCUT2D eigenvalue weighted by Gasteiger charge is 2.30. The van der Waals surface area contributed by atoms with E-state index in [1.807, 2.05) is 0 Å². The van der Waals surface area contributed by atoms with Crippen molar-refractivity contribution in [3.8, 4) is 0 Å². The fourth-order valence-electron chi connectivity index (χ4n) is 2.62. The molecule has 0 aliphatic carbocycles. The lowest BCUT2D eigenvalue weighted by Gasteiger charge is -2.34. The molecule has 0 bridgehead atoms. The van der Waals surface area contributed by atoms with E-state index >= 15 is 0 Å². The molecule has 0 aromatic carbocycles. The molecule has 2 heteroatoms. The van der Waals surface area contributed by atoms with Crippen LogP contribution in [0.4, 0.5) is 0 Å². The number of rotatable bonds is 7. The molecular weight excluding hydrogens is 174 g/mol. The molecule has 1 fully saturated rings. The minimum atomic E-state index is 0.369. The summed E-state index contributed by atoms with van der Waals surface area (Å²) in [5, 5.41) is 8.79. The quantitative estimate of drug-likeness (QED) is 0.493. The Labute approximate surface area is 88.5 Å². The van der Waals surface area contributed by atoms with Gasteiger partial charge in [0, 0.05) is 19.4 Å². The van der Waals surface area contributed by atoms with E-state index in [9.17, 15) is 0 Å². The summed E-state index contributed by atoms with van der Waals surface area (Å²) in [4.78, 5) is 0. The van der Waals surface area contributed by atoms with Crippen LogP contribution >= 0.6 is 0 Å². The van der Waals surface area contributed by atoms with Crippen LogP contribution in [0.25, 0.3) is 0 Å². The Bertz CT molecular complexity index is 141. The van der Waals surface area contributed by atoms with Gasteiger partial charge in [0.05, 0.1) is 26.2 Å². The van der Waals surface area contributed by atoms with Crippen LogP contribution in [0.1, 0.15) is 45.4 Å². The average Bonchev–Trinajstić information content (AvgIpc) is 2.65. The molecule has 0 aromatic heterocycles. The fourth-order valence-corrected chi connectivity index (χ4v) is 2.62. The lowest BCUT2D eigenvalue weighted by molar-refractivity contribution is -0.917. The largest absolute Gasteiger partial charge is 0.396 e. The molecule has 1 aliphatic heterocycles. The van der Waals surface area contributed by atoms with Crippen molar-refractivity contribution < 1.29 is 9.59 Å². The Hall–Kier alpha value is -0.0800. The monoisotopic (exact) mass is 200 g/mol. The highest BCUT2D eigenvalue weighted by atomic mass is 16.2. The van der Waals surface area contributed by atoms with E-state index in [1.165, 1.54) is 62.8 Å². The zero-order valence-electron chi connectivity index (χ0n) is 9.67. The third kappa shape index (κ3) is 3.58. The van der Waals surface area contributed by atoms with Gasteiger partial charge in [0.2, 0.25) is 0 Å². The molecule has 0 aromatic rings. The van der Waals surface area contributed by atoms with Crippen LogP contribution in [-0.4, -0.2) is 42.4 Å². The number of hydrogen-bond acceptors (Lipinski definition) is 1. The van der Waals surface area contributed by atoms with Crippen LogP contribution in [0.2, 0.25) is 0 Å². The van der Waals surface area contributed by atoms with E-state index in [4.69, 9.17) is 5.11 Å². The minimum Gasteiger partial charge on any atom is -0.396 e. The van der Waals surface area contributed by atoms with Gasteiger partial charge in [-0.1, -0.05) is 13.3 Å². The number of unbranched alkanes of at least 4 members (excludes halogenated alkanes) is 2. The topological polar surface area (TPSA) is 20.2 Å². The van der Waals surface area contributed by atoms with Crippen molar-refractivity contribution in [2.75, 3.05) is 32.8 Å². The standard InChI is InChI=1S/C12H26NO/c1-2-3-8-13(9-4-5-10-13)11-6-7-12-14/h14H,2-12H2,1H3/q+1. The predicted molar refractivity (Wildman–Crippen MR) is 60.2 cm³/mol. The van der Waals surface area contributed by atoms with Crippen molar-refractivity contribution in [3.63, 3.8) is 0 Å². The van der Waals surface area contributed by atoms with Gasteiger partial charge in [-0.25, -0.2) is 0 Å². The summed E-state index contributed by atoms with van der Waals surface area (Å²) in [6, 6.07) is 0. The van der Waals surface area contributed by atoms with Gasteiger partial charge in [-0.05, 0) is 19.3 Å². The van der Waals surface area contributed by atoms with E-state index in [0.717, 1.165) is 6.42 Å². The first kappa shape index (κ1) is 12.0. The zero-order valence-corrected chi connectivity index (χ0v) is 9.67. The van der Waals surface area contributed by atoms with Crippen molar-refractivity contribution >= 4 is 0 Å². The molecule has 0 spiro atoms. The molecule has 1 heterocycles. The molecule has 1 rings (SSSR count). The van der Waals surface area contributed by atoms with Gasteiger partial charge in [-0.15, -0.1) is 0 Å². The Morgan fingerprint density at radius 1 is 1.00 bits per heavy atom. The molecular formula is C12H26NO+. The summed E-state index contributed by atoms with van der Waals surface area (Å²) >= 11 is 0. The smallest absolute Gasteiger partial charge is 0.0788 e. The van der Waals surface area contributed by atoms with Gasteiger partial charge in [-0.2, -0.15) is 0 Å². The van der Waals surface area contributed by atoms with Gasteiger partial charge in [0.15, 0.2) is 0 Å². The molecule has 2 nitrogen and oxygen atoms in total. The number of nitrogens with zero attached hydrogens (tertiary/aromatic N) is 1. The van der Waals surface area contributed by atoms with Crippen molar-refractivity contribution in [2.45, 2.75) is 45.4 Å². The molecule has 1 N–H and O–H groups in total.